The monoisotopic (exact) mass is 372 g/mol. The fourth-order valence-electron chi connectivity index (χ4n) is 4.01. The zero-order valence-corrected chi connectivity index (χ0v) is 16.6. The van der Waals surface area contributed by atoms with Crippen molar-refractivity contribution in [3.05, 3.63) is 46.2 Å². The van der Waals surface area contributed by atoms with Gasteiger partial charge >= 0.3 is 12.0 Å². The summed E-state index contributed by atoms with van der Waals surface area (Å²) in [5.74, 6) is 0.348. The van der Waals surface area contributed by atoms with Gasteiger partial charge in [-0.05, 0) is 43.7 Å². The molecule has 0 radical (unpaired) electrons. The van der Waals surface area contributed by atoms with Gasteiger partial charge in [-0.3, -0.25) is 0 Å². The molecular formula is C21H30N3O3+. The van der Waals surface area contributed by atoms with Crippen LogP contribution in [-0.2, 0) is 9.53 Å². The number of piperidine rings is 1. The van der Waals surface area contributed by atoms with Gasteiger partial charge in [-0.25, -0.2) is 9.59 Å². The molecule has 6 nitrogen and oxygen atoms in total. The van der Waals surface area contributed by atoms with Crippen molar-refractivity contribution in [3.8, 4) is 0 Å². The first-order chi connectivity index (χ1) is 12.9. The Bertz CT molecular complexity index is 764. The molecule has 146 valence electrons. The maximum atomic E-state index is 12.7. The Hall–Kier alpha value is -2.34. The topological polar surface area (TPSA) is 71.9 Å². The quantitative estimate of drug-likeness (QED) is 0.700. The van der Waals surface area contributed by atoms with Crippen LogP contribution in [0.4, 0.5) is 4.79 Å². The third-order valence-electron chi connectivity index (χ3n) is 5.71. The van der Waals surface area contributed by atoms with Crippen molar-refractivity contribution in [1.29, 1.82) is 0 Å². The molecule has 2 amide bonds. The summed E-state index contributed by atoms with van der Waals surface area (Å²) in [6.07, 6.45) is 2.34. The second-order valence-corrected chi connectivity index (χ2v) is 7.88. The van der Waals surface area contributed by atoms with Crippen molar-refractivity contribution in [3.63, 3.8) is 0 Å². The molecule has 0 aliphatic carbocycles. The highest BCUT2D eigenvalue weighted by Crippen LogP contribution is 2.30. The van der Waals surface area contributed by atoms with Crippen LogP contribution in [0.5, 0.6) is 0 Å². The number of hydrogen-bond donors (Lipinski definition) is 3. The number of amides is 2. The van der Waals surface area contributed by atoms with Crippen molar-refractivity contribution in [2.24, 2.45) is 5.92 Å². The predicted octanol–water partition coefficient (Wildman–Crippen LogP) is 1.40. The molecule has 6 heteroatoms. The van der Waals surface area contributed by atoms with Crippen LogP contribution >= 0.6 is 0 Å². The molecule has 1 aromatic carbocycles. The minimum Gasteiger partial charge on any atom is -0.466 e. The fourth-order valence-corrected chi connectivity index (χ4v) is 4.01. The molecular weight excluding hydrogens is 342 g/mol. The second kappa shape index (κ2) is 8.13. The highest BCUT2D eigenvalue weighted by atomic mass is 16.5. The molecule has 27 heavy (non-hydrogen) atoms. The lowest BCUT2D eigenvalue weighted by molar-refractivity contribution is -0.901. The van der Waals surface area contributed by atoms with Crippen LogP contribution in [0, 0.1) is 19.8 Å². The first kappa shape index (κ1) is 19.4. The van der Waals surface area contributed by atoms with Crippen molar-refractivity contribution in [2.75, 3.05) is 26.7 Å². The highest BCUT2D eigenvalue weighted by molar-refractivity contribution is 5.95. The number of esters is 1. The van der Waals surface area contributed by atoms with Crippen LogP contribution in [0.25, 0.3) is 0 Å². The number of nitrogens with one attached hydrogen (secondary N) is 3. The molecule has 2 aliphatic heterocycles. The van der Waals surface area contributed by atoms with Gasteiger partial charge in [0.15, 0.2) is 0 Å². The third-order valence-corrected chi connectivity index (χ3v) is 5.71. The normalized spacial score (nSPS) is 25.6. The van der Waals surface area contributed by atoms with E-state index in [1.165, 1.54) is 24.9 Å². The molecule has 3 N–H and O–H groups in total. The SMILES string of the molecule is COC(=O)C1=C(C[NH+]2CCC(C)CC2)NC(=O)N[C@@H]1c1cc(C)ccc1C. The second-order valence-electron chi connectivity index (χ2n) is 7.88. The van der Waals surface area contributed by atoms with Crippen LogP contribution in [0.3, 0.4) is 0 Å². The maximum Gasteiger partial charge on any atom is 0.338 e. The lowest BCUT2D eigenvalue weighted by Crippen LogP contribution is -3.13. The van der Waals surface area contributed by atoms with E-state index in [0.717, 1.165) is 35.7 Å². The van der Waals surface area contributed by atoms with Crippen molar-refractivity contribution < 1.29 is 19.2 Å². The third kappa shape index (κ3) is 4.33. The average molecular weight is 372 g/mol. The van der Waals surface area contributed by atoms with Crippen LogP contribution in [0.1, 0.15) is 42.5 Å². The molecule has 1 saturated heterocycles. The number of carbonyl (C=O) groups is 2. The summed E-state index contributed by atoms with van der Waals surface area (Å²) in [5.41, 5.74) is 4.25. The van der Waals surface area contributed by atoms with E-state index in [1.807, 2.05) is 32.0 Å². The molecule has 2 heterocycles. The lowest BCUT2D eigenvalue weighted by Gasteiger charge is -2.33. The van der Waals surface area contributed by atoms with Crippen LogP contribution < -0.4 is 15.5 Å². The largest absolute Gasteiger partial charge is 0.466 e. The van der Waals surface area contributed by atoms with Gasteiger partial charge in [-0.1, -0.05) is 30.7 Å². The minimum absolute atomic E-state index is 0.270. The van der Waals surface area contributed by atoms with Gasteiger partial charge in [-0.15, -0.1) is 0 Å². The lowest BCUT2D eigenvalue weighted by atomic mass is 9.90. The minimum atomic E-state index is -0.496. The molecule has 0 unspecified atom stereocenters. The van der Waals surface area contributed by atoms with Crippen LogP contribution in [0.2, 0.25) is 0 Å². The fraction of sp³-hybridized carbons (Fsp3) is 0.524. The number of likely N-dealkylation sites (tertiary alicyclic amines) is 1. The van der Waals surface area contributed by atoms with E-state index in [-0.39, 0.29) is 6.03 Å². The first-order valence-corrected chi connectivity index (χ1v) is 9.68. The molecule has 0 aromatic heterocycles. The molecule has 0 saturated carbocycles. The number of methoxy groups -OCH3 is 1. The van der Waals surface area contributed by atoms with E-state index in [2.05, 4.69) is 17.6 Å². The van der Waals surface area contributed by atoms with Gasteiger partial charge in [0.05, 0.1) is 37.5 Å². The zero-order valence-electron chi connectivity index (χ0n) is 16.6. The Kier molecular flexibility index (Phi) is 5.85. The van der Waals surface area contributed by atoms with E-state index in [0.29, 0.717) is 17.8 Å². The van der Waals surface area contributed by atoms with Gasteiger partial charge in [-0.2, -0.15) is 0 Å². The van der Waals surface area contributed by atoms with Crippen LogP contribution in [0.15, 0.2) is 29.5 Å². The molecule has 0 bridgehead atoms. The highest BCUT2D eigenvalue weighted by Gasteiger charge is 2.36. The Morgan fingerprint density at radius 3 is 2.63 bits per heavy atom. The summed E-state index contributed by atoms with van der Waals surface area (Å²) < 4.78 is 5.09. The summed E-state index contributed by atoms with van der Waals surface area (Å²) in [7, 11) is 1.39. The summed E-state index contributed by atoms with van der Waals surface area (Å²) >= 11 is 0. The number of urea groups is 1. The van der Waals surface area contributed by atoms with Gasteiger partial charge in [0.25, 0.3) is 0 Å². The number of benzene rings is 1. The van der Waals surface area contributed by atoms with E-state index in [1.54, 1.807) is 0 Å². The molecule has 0 spiro atoms. The Balaban J connectivity index is 1.99. The van der Waals surface area contributed by atoms with Crippen molar-refractivity contribution in [1.82, 2.24) is 10.6 Å². The molecule has 2 aliphatic rings. The molecule has 1 fully saturated rings. The predicted molar refractivity (Wildman–Crippen MR) is 103 cm³/mol. The Morgan fingerprint density at radius 2 is 1.96 bits per heavy atom. The van der Waals surface area contributed by atoms with Gasteiger partial charge in [0.1, 0.15) is 6.54 Å². The summed E-state index contributed by atoms with van der Waals surface area (Å²) in [6, 6.07) is 5.31. The zero-order chi connectivity index (χ0) is 19.6. The molecule has 1 aromatic rings. The van der Waals surface area contributed by atoms with E-state index < -0.39 is 12.0 Å². The number of carbonyl (C=O) groups excluding carboxylic acids is 2. The summed E-state index contributed by atoms with van der Waals surface area (Å²) in [6.45, 7) is 9.01. The van der Waals surface area contributed by atoms with Crippen molar-refractivity contribution in [2.45, 2.75) is 39.7 Å². The van der Waals surface area contributed by atoms with Gasteiger partial charge < -0.3 is 20.3 Å². The van der Waals surface area contributed by atoms with E-state index in [9.17, 15) is 9.59 Å². The Labute approximate surface area is 161 Å². The first-order valence-electron chi connectivity index (χ1n) is 9.68. The number of rotatable bonds is 4. The summed E-state index contributed by atoms with van der Waals surface area (Å²) in [4.78, 5) is 26.5. The van der Waals surface area contributed by atoms with Crippen LogP contribution in [-0.4, -0.2) is 38.7 Å². The smallest absolute Gasteiger partial charge is 0.338 e. The van der Waals surface area contributed by atoms with Crippen molar-refractivity contribution >= 4 is 12.0 Å². The number of aryl methyl sites for hydroxylation is 2. The standard InChI is InChI=1S/C21H29N3O3/c1-13-7-9-24(10-8-13)12-17-18(20(25)27-4)19(23-21(26)22-17)16-11-14(2)5-6-15(16)3/h5-6,11,13,19H,7-10,12H2,1-4H3,(H2,22,23,26)/p+1/t19-/m1/s1. The molecule has 1 atom stereocenters. The maximum absolute atomic E-state index is 12.7. The Morgan fingerprint density at radius 1 is 1.26 bits per heavy atom. The van der Waals surface area contributed by atoms with E-state index >= 15 is 0 Å². The number of hydrogen-bond acceptors (Lipinski definition) is 3. The number of quaternary nitrogens is 1. The number of ether oxygens (including phenoxy) is 1. The average Bonchev–Trinajstić information content (AvgIpc) is 2.64. The van der Waals surface area contributed by atoms with Gasteiger partial charge in [0, 0.05) is 0 Å². The van der Waals surface area contributed by atoms with Gasteiger partial charge in [0.2, 0.25) is 0 Å². The van der Waals surface area contributed by atoms with E-state index in [4.69, 9.17) is 4.74 Å². The molecule has 3 rings (SSSR count). The summed E-state index contributed by atoms with van der Waals surface area (Å²) in [5, 5.41) is 5.80.